The fourth-order valence-corrected chi connectivity index (χ4v) is 2.84. The van der Waals surface area contributed by atoms with Crippen LogP contribution in [0.1, 0.15) is 31.7 Å². The Kier molecular flexibility index (Phi) is 6.48. The molecule has 0 radical (unpaired) electrons. The predicted octanol–water partition coefficient (Wildman–Crippen LogP) is 3.54. The lowest BCUT2D eigenvalue weighted by atomic mass is 9.99. The van der Waals surface area contributed by atoms with Gasteiger partial charge in [-0.15, -0.1) is 12.4 Å². The van der Waals surface area contributed by atoms with E-state index < -0.39 is 0 Å². The van der Waals surface area contributed by atoms with Crippen LogP contribution >= 0.6 is 12.4 Å². The van der Waals surface area contributed by atoms with Gasteiger partial charge in [-0.1, -0.05) is 19.1 Å². The van der Waals surface area contributed by atoms with Crippen molar-refractivity contribution in [2.24, 2.45) is 5.92 Å². The van der Waals surface area contributed by atoms with Crippen molar-refractivity contribution in [3.05, 3.63) is 29.8 Å². The highest BCUT2D eigenvalue weighted by Crippen LogP contribution is 2.32. The van der Waals surface area contributed by atoms with Gasteiger partial charge in [-0.05, 0) is 55.6 Å². The molecule has 3 rings (SSSR count). The predicted molar refractivity (Wildman–Crippen MR) is 93.3 cm³/mol. The standard InChI is InChI=1S/C18H23NO3.ClH/c1-14-6-9-19(10-7-14)11-8-16(20)4-2-15-3-5-17-18(12-15)22-13-21-17;/h2-5,12,14H,6-11,13H2,1H3;1H. The minimum Gasteiger partial charge on any atom is -0.454 e. The van der Waals surface area contributed by atoms with Crippen molar-refractivity contribution in [1.29, 1.82) is 0 Å². The van der Waals surface area contributed by atoms with Crippen LogP contribution in [-0.4, -0.2) is 37.1 Å². The molecule has 0 aliphatic carbocycles. The zero-order valence-electron chi connectivity index (χ0n) is 13.5. The fourth-order valence-electron chi connectivity index (χ4n) is 2.84. The zero-order chi connectivity index (χ0) is 15.4. The number of allylic oxidation sites excluding steroid dienone is 1. The number of halogens is 1. The molecule has 2 aliphatic heterocycles. The van der Waals surface area contributed by atoms with Crippen LogP contribution in [0.15, 0.2) is 24.3 Å². The maximum absolute atomic E-state index is 12.0. The van der Waals surface area contributed by atoms with E-state index in [0.29, 0.717) is 6.42 Å². The molecule has 2 aliphatic rings. The lowest BCUT2D eigenvalue weighted by Crippen LogP contribution is -2.34. The van der Waals surface area contributed by atoms with Gasteiger partial charge in [-0.2, -0.15) is 0 Å². The quantitative estimate of drug-likeness (QED) is 0.770. The molecule has 2 heterocycles. The number of hydrogen-bond acceptors (Lipinski definition) is 4. The second-order valence-corrected chi connectivity index (χ2v) is 6.19. The molecular weight excluding hydrogens is 314 g/mol. The summed E-state index contributed by atoms with van der Waals surface area (Å²) < 4.78 is 10.6. The first-order chi connectivity index (χ1) is 10.7. The molecule has 0 unspecified atom stereocenters. The number of ketones is 1. The monoisotopic (exact) mass is 337 g/mol. The van der Waals surface area contributed by atoms with Crippen LogP contribution < -0.4 is 9.47 Å². The zero-order valence-corrected chi connectivity index (χ0v) is 14.3. The van der Waals surface area contributed by atoms with Gasteiger partial charge in [-0.3, -0.25) is 4.79 Å². The van der Waals surface area contributed by atoms with Crippen molar-refractivity contribution in [2.45, 2.75) is 26.2 Å². The molecule has 0 spiro atoms. The normalized spacial score (nSPS) is 18.1. The Labute approximate surface area is 143 Å². The van der Waals surface area contributed by atoms with E-state index in [1.54, 1.807) is 6.08 Å². The van der Waals surface area contributed by atoms with Gasteiger partial charge in [0.15, 0.2) is 17.3 Å². The number of ether oxygens (including phenoxy) is 2. The molecule has 1 aromatic rings. The van der Waals surface area contributed by atoms with E-state index in [1.165, 1.54) is 12.8 Å². The number of rotatable bonds is 5. The summed E-state index contributed by atoms with van der Waals surface area (Å²) in [6.07, 6.45) is 6.62. The first kappa shape index (κ1) is 17.8. The lowest BCUT2D eigenvalue weighted by molar-refractivity contribution is -0.114. The van der Waals surface area contributed by atoms with Crippen molar-refractivity contribution in [2.75, 3.05) is 26.4 Å². The van der Waals surface area contributed by atoms with Gasteiger partial charge < -0.3 is 14.4 Å². The van der Waals surface area contributed by atoms with Crippen LogP contribution in [0, 0.1) is 5.92 Å². The first-order valence-corrected chi connectivity index (χ1v) is 8.03. The maximum atomic E-state index is 12.0. The molecule has 0 saturated carbocycles. The van der Waals surface area contributed by atoms with E-state index in [4.69, 9.17) is 9.47 Å². The number of benzene rings is 1. The van der Waals surface area contributed by atoms with Crippen LogP contribution in [0.5, 0.6) is 11.5 Å². The second kappa shape index (κ2) is 8.37. The third-order valence-corrected chi connectivity index (χ3v) is 4.41. The van der Waals surface area contributed by atoms with E-state index in [-0.39, 0.29) is 25.0 Å². The first-order valence-electron chi connectivity index (χ1n) is 8.03. The molecule has 4 nitrogen and oxygen atoms in total. The molecule has 126 valence electrons. The van der Waals surface area contributed by atoms with Gasteiger partial charge >= 0.3 is 0 Å². The van der Waals surface area contributed by atoms with Crippen molar-refractivity contribution in [3.63, 3.8) is 0 Å². The van der Waals surface area contributed by atoms with Crippen molar-refractivity contribution in [3.8, 4) is 11.5 Å². The fraction of sp³-hybridized carbons (Fsp3) is 0.500. The Morgan fingerprint density at radius 2 is 2.00 bits per heavy atom. The van der Waals surface area contributed by atoms with Crippen LogP contribution in [0.25, 0.3) is 6.08 Å². The SMILES string of the molecule is CC1CCN(CCC(=O)C=Cc2ccc3c(c2)OCO3)CC1.Cl. The highest BCUT2D eigenvalue weighted by atomic mass is 35.5. The number of carbonyl (C=O) groups excluding carboxylic acids is 1. The van der Waals surface area contributed by atoms with Crippen LogP contribution in [0.4, 0.5) is 0 Å². The molecule has 0 aromatic heterocycles. The van der Waals surface area contributed by atoms with E-state index in [9.17, 15) is 4.79 Å². The smallest absolute Gasteiger partial charge is 0.231 e. The van der Waals surface area contributed by atoms with E-state index in [2.05, 4.69) is 11.8 Å². The number of likely N-dealkylation sites (tertiary alicyclic amines) is 1. The molecule has 1 fully saturated rings. The van der Waals surface area contributed by atoms with Crippen molar-refractivity contribution in [1.82, 2.24) is 4.90 Å². The number of nitrogens with zero attached hydrogens (tertiary/aromatic N) is 1. The lowest BCUT2D eigenvalue weighted by Gasteiger charge is -2.29. The molecular formula is C18H24ClNO3. The molecule has 0 amide bonds. The third-order valence-electron chi connectivity index (χ3n) is 4.41. The molecule has 0 bridgehead atoms. The Morgan fingerprint density at radius 1 is 1.26 bits per heavy atom. The molecule has 0 N–H and O–H groups in total. The van der Waals surface area contributed by atoms with Gasteiger partial charge in [0.25, 0.3) is 0 Å². The molecule has 1 saturated heterocycles. The summed E-state index contributed by atoms with van der Waals surface area (Å²) in [5.41, 5.74) is 0.962. The Morgan fingerprint density at radius 3 is 2.78 bits per heavy atom. The van der Waals surface area contributed by atoms with E-state index in [1.807, 2.05) is 24.3 Å². The summed E-state index contributed by atoms with van der Waals surface area (Å²) in [6, 6.07) is 5.71. The largest absolute Gasteiger partial charge is 0.454 e. The van der Waals surface area contributed by atoms with Crippen LogP contribution in [0.2, 0.25) is 0 Å². The maximum Gasteiger partial charge on any atom is 0.231 e. The highest BCUT2D eigenvalue weighted by molar-refractivity contribution is 5.93. The summed E-state index contributed by atoms with van der Waals surface area (Å²) >= 11 is 0. The second-order valence-electron chi connectivity index (χ2n) is 6.19. The Bertz CT molecular complexity index is 565. The number of fused-ring (bicyclic) bond motifs is 1. The molecule has 0 atom stereocenters. The Hall–Kier alpha value is -1.52. The van der Waals surface area contributed by atoms with Crippen LogP contribution in [-0.2, 0) is 4.79 Å². The average molecular weight is 338 g/mol. The topological polar surface area (TPSA) is 38.8 Å². The number of carbonyl (C=O) groups is 1. The van der Waals surface area contributed by atoms with Crippen LogP contribution in [0.3, 0.4) is 0 Å². The van der Waals surface area contributed by atoms with E-state index >= 15 is 0 Å². The van der Waals surface area contributed by atoms with Gasteiger partial charge in [0.05, 0.1) is 0 Å². The summed E-state index contributed by atoms with van der Waals surface area (Å²) in [5.74, 6) is 2.52. The van der Waals surface area contributed by atoms with Gasteiger partial charge in [0.2, 0.25) is 6.79 Å². The number of piperidine rings is 1. The van der Waals surface area contributed by atoms with Crippen molar-refractivity contribution < 1.29 is 14.3 Å². The van der Waals surface area contributed by atoms with Crippen molar-refractivity contribution >= 4 is 24.3 Å². The van der Waals surface area contributed by atoms with Gasteiger partial charge in [0.1, 0.15) is 0 Å². The minimum atomic E-state index is 0. The molecule has 1 aromatic carbocycles. The van der Waals surface area contributed by atoms with Gasteiger partial charge in [0, 0.05) is 13.0 Å². The third kappa shape index (κ3) is 4.98. The average Bonchev–Trinajstić information content (AvgIpc) is 3.00. The summed E-state index contributed by atoms with van der Waals surface area (Å²) in [7, 11) is 0. The molecule has 23 heavy (non-hydrogen) atoms. The highest BCUT2D eigenvalue weighted by Gasteiger charge is 2.16. The van der Waals surface area contributed by atoms with Gasteiger partial charge in [-0.25, -0.2) is 0 Å². The minimum absolute atomic E-state index is 0. The van der Waals surface area contributed by atoms with E-state index in [0.717, 1.165) is 42.6 Å². The Balaban J connectivity index is 0.00000192. The molecule has 5 heteroatoms. The summed E-state index contributed by atoms with van der Waals surface area (Å²) in [6.45, 7) is 5.70. The summed E-state index contributed by atoms with van der Waals surface area (Å²) in [5, 5.41) is 0. The summed E-state index contributed by atoms with van der Waals surface area (Å²) in [4.78, 5) is 14.4. The number of hydrogen-bond donors (Lipinski definition) is 0.